The smallest absolute Gasteiger partial charge is 0.337 e. The predicted molar refractivity (Wildman–Crippen MR) is 97.9 cm³/mol. The van der Waals surface area contributed by atoms with Crippen molar-refractivity contribution in [2.24, 2.45) is 0 Å². The molecule has 1 aromatic carbocycles. The SMILES string of the molecule is COC(=O)c1cccc(CS(=O)(=O)NCCNC2CCCCCC2)c1. The first-order valence-electron chi connectivity index (χ1n) is 8.88. The summed E-state index contributed by atoms with van der Waals surface area (Å²) in [5.74, 6) is -0.624. The highest BCUT2D eigenvalue weighted by Gasteiger charge is 2.14. The van der Waals surface area contributed by atoms with Crippen LogP contribution < -0.4 is 10.0 Å². The fourth-order valence-corrected chi connectivity index (χ4v) is 4.28. The third kappa shape index (κ3) is 7.13. The lowest BCUT2D eigenvalue weighted by molar-refractivity contribution is 0.0600. The molecular weight excluding hydrogens is 340 g/mol. The van der Waals surface area contributed by atoms with Gasteiger partial charge >= 0.3 is 5.97 Å². The van der Waals surface area contributed by atoms with Gasteiger partial charge in [0.15, 0.2) is 0 Å². The summed E-state index contributed by atoms with van der Waals surface area (Å²) in [6.07, 6.45) is 7.45. The second kappa shape index (κ2) is 9.89. The molecule has 1 fully saturated rings. The van der Waals surface area contributed by atoms with Gasteiger partial charge in [-0.25, -0.2) is 17.9 Å². The van der Waals surface area contributed by atoms with E-state index in [9.17, 15) is 13.2 Å². The number of ether oxygens (including phenoxy) is 1. The molecule has 1 saturated carbocycles. The fourth-order valence-electron chi connectivity index (χ4n) is 3.14. The summed E-state index contributed by atoms with van der Waals surface area (Å²) in [6, 6.07) is 7.00. The van der Waals surface area contributed by atoms with Crippen LogP contribution in [-0.2, 0) is 20.5 Å². The number of esters is 1. The second-order valence-corrected chi connectivity index (χ2v) is 8.29. The Bertz CT molecular complexity index is 653. The molecular formula is C18H28N2O4S. The van der Waals surface area contributed by atoms with Crippen LogP contribution in [0.2, 0.25) is 0 Å². The van der Waals surface area contributed by atoms with Crippen molar-refractivity contribution >= 4 is 16.0 Å². The van der Waals surface area contributed by atoms with Crippen LogP contribution in [0.1, 0.15) is 54.4 Å². The Morgan fingerprint density at radius 3 is 2.56 bits per heavy atom. The van der Waals surface area contributed by atoms with Crippen molar-refractivity contribution in [2.75, 3.05) is 20.2 Å². The minimum absolute atomic E-state index is 0.152. The molecule has 0 saturated heterocycles. The van der Waals surface area contributed by atoms with Crippen LogP contribution in [0, 0.1) is 0 Å². The van der Waals surface area contributed by atoms with Gasteiger partial charge < -0.3 is 10.1 Å². The predicted octanol–water partition coefficient (Wildman–Crippen LogP) is 2.20. The third-order valence-electron chi connectivity index (χ3n) is 4.44. The van der Waals surface area contributed by atoms with Crippen molar-refractivity contribution in [3.8, 4) is 0 Å². The molecule has 2 N–H and O–H groups in total. The monoisotopic (exact) mass is 368 g/mol. The summed E-state index contributed by atoms with van der Waals surface area (Å²) >= 11 is 0. The van der Waals surface area contributed by atoms with E-state index in [1.807, 2.05) is 0 Å². The lowest BCUT2D eigenvalue weighted by Gasteiger charge is -2.16. The van der Waals surface area contributed by atoms with Gasteiger partial charge in [0.2, 0.25) is 10.0 Å². The van der Waals surface area contributed by atoms with E-state index in [1.54, 1.807) is 24.3 Å². The Labute approximate surface area is 150 Å². The molecule has 0 aromatic heterocycles. The Hall–Kier alpha value is -1.44. The van der Waals surface area contributed by atoms with Gasteiger partial charge in [-0.1, -0.05) is 37.8 Å². The van der Waals surface area contributed by atoms with Gasteiger partial charge in [-0.05, 0) is 30.5 Å². The molecule has 25 heavy (non-hydrogen) atoms. The maximum absolute atomic E-state index is 12.2. The molecule has 0 aliphatic heterocycles. The van der Waals surface area contributed by atoms with Gasteiger partial charge in [-0.2, -0.15) is 0 Å². The van der Waals surface area contributed by atoms with Crippen LogP contribution >= 0.6 is 0 Å². The van der Waals surface area contributed by atoms with E-state index in [-0.39, 0.29) is 5.75 Å². The van der Waals surface area contributed by atoms with E-state index >= 15 is 0 Å². The summed E-state index contributed by atoms with van der Waals surface area (Å²) in [4.78, 5) is 11.5. The Morgan fingerprint density at radius 1 is 1.16 bits per heavy atom. The number of hydrogen-bond donors (Lipinski definition) is 2. The topological polar surface area (TPSA) is 84.5 Å². The second-order valence-electron chi connectivity index (χ2n) is 6.49. The molecule has 0 radical (unpaired) electrons. The van der Waals surface area contributed by atoms with E-state index in [0.717, 1.165) is 0 Å². The Kier molecular flexibility index (Phi) is 7.87. The van der Waals surface area contributed by atoms with Gasteiger partial charge in [-0.3, -0.25) is 0 Å². The van der Waals surface area contributed by atoms with E-state index in [4.69, 9.17) is 0 Å². The Balaban J connectivity index is 1.78. The van der Waals surface area contributed by atoms with Crippen molar-refractivity contribution in [3.63, 3.8) is 0 Å². The lowest BCUT2D eigenvalue weighted by Crippen LogP contribution is -2.37. The number of nitrogens with one attached hydrogen (secondary N) is 2. The summed E-state index contributed by atoms with van der Waals surface area (Å²) in [7, 11) is -2.14. The molecule has 0 bridgehead atoms. The lowest BCUT2D eigenvalue weighted by atomic mass is 10.1. The molecule has 140 valence electrons. The van der Waals surface area contributed by atoms with Crippen molar-refractivity contribution in [1.82, 2.24) is 10.0 Å². The van der Waals surface area contributed by atoms with Gasteiger partial charge in [0.25, 0.3) is 0 Å². The van der Waals surface area contributed by atoms with Gasteiger partial charge in [0.1, 0.15) is 0 Å². The first-order chi connectivity index (χ1) is 12.0. The van der Waals surface area contributed by atoms with Gasteiger partial charge in [-0.15, -0.1) is 0 Å². The number of methoxy groups -OCH3 is 1. The molecule has 0 unspecified atom stereocenters. The normalized spacial score (nSPS) is 16.4. The van der Waals surface area contributed by atoms with Crippen molar-refractivity contribution in [3.05, 3.63) is 35.4 Å². The van der Waals surface area contributed by atoms with Gasteiger partial charge in [0.05, 0.1) is 18.4 Å². The highest BCUT2D eigenvalue weighted by atomic mass is 32.2. The molecule has 6 nitrogen and oxygen atoms in total. The standard InChI is InChI=1S/C18H28N2O4S/c1-24-18(21)16-8-6-7-15(13-16)14-25(22,23)20-12-11-19-17-9-4-2-3-5-10-17/h6-8,13,17,19-20H,2-5,9-12,14H2,1H3. The van der Waals surface area contributed by atoms with Crippen molar-refractivity contribution in [2.45, 2.75) is 50.3 Å². The zero-order valence-electron chi connectivity index (χ0n) is 14.8. The first-order valence-corrected chi connectivity index (χ1v) is 10.5. The molecule has 0 atom stereocenters. The summed E-state index contributed by atoms with van der Waals surface area (Å²) in [5, 5.41) is 3.44. The average Bonchev–Trinajstić information content (AvgIpc) is 2.86. The van der Waals surface area contributed by atoms with Gasteiger partial charge in [0, 0.05) is 19.1 Å². The fraction of sp³-hybridized carbons (Fsp3) is 0.611. The highest BCUT2D eigenvalue weighted by Crippen LogP contribution is 2.16. The molecule has 1 aromatic rings. The van der Waals surface area contributed by atoms with E-state index in [1.165, 1.54) is 45.6 Å². The van der Waals surface area contributed by atoms with Crippen LogP contribution in [-0.4, -0.2) is 40.6 Å². The summed E-state index contributed by atoms with van der Waals surface area (Å²) in [5.41, 5.74) is 0.914. The first kappa shape index (κ1) is 19.9. The maximum atomic E-state index is 12.2. The average molecular weight is 368 g/mol. The van der Waals surface area contributed by atoms with Crippen molar-refractivity contribution < 1.29 is 17.9 Å². The van der Waals surface area contributed by atoms with Crippen LogP contribution in [0.25, 0.3) is 0 Å². The van der Waals surface area contributed by atoms with E-state index in [0.29, 0.717) is 30.3 Å². The van der Waals surface area contributed by atoms with E-state index in [2.05, 4.69) is 14.8 Å². The molecule has 0 amide bonds. The molecule has 1 aliphatic carbocycles. The number of benzene rings is 1. The number of rotatable bonds is 8. The zero-order valence-corrected chi connectivity index (χ0v) is 15.6. The number of carbonyl (C=O) groups excluding carboxylic acids is 1. The number of hydrogen-bond acceptors (Lipinski definition) is 5. The van der Waals surface area contributed by atoms with Crippen LogP contribution in [0.5, 0.6) is 0 Å². The zero-order chi connectivity index (χ0) is 18.1. The maximum Gasteiger partial charge on any atom is 0.337 e. The third-order valence-corrected chi connectivity index (χ3v) is 5.80. The Morgan fingerprint density at radius 2 is 1.88 bits per heavy atom. The van der Waals surface area contributed by atoms with Crippen LogP contribution in [0.4, 0.5) is 0 Å². The minimum Gasteiger partial charge on any atom is -0.465 e. The number of sulfonamides is 1. The molecule has 2 rings (SSSR count). The highest BCUT2D eigenvalue weighted by molar-refractivity contribution is 7.88. The molecule has 1 aliphatic rings. The number of carbonyl (C=O) groups is 1. The molecule has 0 spiro atoms. The van der Waals surface area contributed by atoms with E-state index < -0.39 is 16.0 Å². The largest absolute Gasteiger partial charge is 0.465 e. The summed E-state index contributed by atoms with van der Waals surface area (Å²) in [6.45, 7) is 1.00. The molecule has 7 heteroatoms. The quantitative estimate of drug-likeness (QED) is 0.417. The molecule has 0 heterocycles. The van der Waals surface area contributed by atoms with Crippen LogP contribution in [0.15, 0.2) is 24.3 Å². The summed E-state index contributed by atoms with van der Waals surface area (Å²) < 4.78 is 31.7. The minimum atomic E-state index is -3.44. The van der Waals surface area contributed by atoms with Crippen molar-refractivity contribution in [1.29, 1.82) is 0 Å². The van der Waals surface area contributed by atoms with Crippen LogP contribution in [0.3, 0.4) is 0 Å².